The van der Waals surface area contributed by atoms with Crippen molar-refractivity contribution >= 4 is 23.2 Å². The lowest BCUT2D eigenvalue weighted by Gasteiger charge is -2.14. The Balaban J connectivity index is 1.70. The molecule has 1 unspecified atom stereocenters. The molecule has 0 spiro atoms. The fraction of sp³-hybridized carbons (Fsp3) is 0.130. The number of pyridine rings is 1. The zero-order valence-corrected chi connectivity index (χ0v) is 16.2. The third-order valence-electron chi connectivity index (χ3n) is 4.76. The molecule has 1 fully saturated rings. The average Bonchev–Trinajstić information content (AvgIpc) is 3.00. The van der Waals surface area contributed by atoms with Gasteiger partial charge in [-0.05, 0) is 41.5 Å². The van der Waals surface area contributed by atoms with Crippen LogP contribution in [0.25, 0.3) is 0 Å². The Morgan fingerprint density at radius 3 is 2.39 bits per heavy atom. The van der Waals surface area contributed by atoms with Gasteiger partial charge in [0.2, 0.25) is 5.91 Å². The molecule has 0 aliphatic carbocycles. The van der Waals surface area contributed by atoms with Crippen molar-refractivity contribution < 1.29 is 23.1 Å². The minimum Gasteiger partial charge on any atom is -0.435 e. The topological polar surface area (TPSA) is 71.9 Å². The Hall–Kier alpha value is -3.94. The number of carbonyl (C=O) groups is 2. The van der Waals surface area contributed by atoms with Crippen molar-refractivity contribution in [3.05, 3.63) is 90.3 Å². The van der Waals surface area contributed by atoms with Gasteiger partial charge in [-0.3, -0.25) is 19.5 Å². The Kier molecular flexibility index (Phi) is 5.79. The Labute approximate surface area is 176 Å². The van der Waals surface area contributed by atoms with Gasteiger partial charge < -0.3 is 4.74 Å². The number of hydrogen-bond acceptors (Lipinski definition) is 5. The summed E-state index contributed by atoms with van der Waals surface area (Å²) >= 11 is 0. The van der Waals surface area contributed by atoms with E-state index in [-0.39, 0.29) is 23.9 Å². The van der Waals surface area contributed by atoms with Crippen LogP contribution in [0, 0.1) is 0 Å². The number of benzene rings is 2. The second-order valence-corrected chi connectivity index (χ2v) is 6.80. The van der Waals surface area contributed by atoms with Gasteiger partial charge in [0.05, 0.1) is 12.2 Å². The molecule has 0 N–H and O–H groups in total. The van der Waals surface area contributed by atoms with Crippen molar-refractivity contribution in [3.63, 3.8) is 0 Å². The van der Waals surface area contributed by atoms with Crippen molar-refractivity contribution in [1.82, 2.24) is 9.88 Å². The molecule has 4 rings (SSSR count). The van der Waals surface area contributed by atoms with E-state index in [1.165, 1.54) is 24.3 Å². The van der Waals surface area contributed by atoms with Gasteiger partial charge in [-0.2, -0.15) is 8.78 Å². The highest BCUT2D eigenvalue weighted by atomic mass is 19.3. The van der Waals surface area contributed by atoms with E-state index in [2.05, 4.69) is 14.7 Å². The maximum atomic E-state index is 13.2. The molecule has 1 aliphatic heterocycles. The molecule has 0 bridgehead atoms. The molecule has 3 aromatic rings. The predicted octanol–water partition coefficient (Wildman–Crippen LogP) is 4.11. The summed E-state index contributed by atoms with van der Waals surface area (Å²) in [4.78, 5) is 35.9. The number of hydrogen-bond donors (Lipinski definition) is 0. The molecule has 1 aromatic heterocycles. The van der Waals surface area contributed by atoms with Crippen LogP contribution in [0.2, 0.25) is 0 Å². The number of ether oxygens (including phenoxy) is 1. The summed E-state index contributed by atoms with van der Waals surface area (Å²) < 4.78 is 29.1. The monoisotopic (exact) mass is 421 g/mol. The van der Waals surface area contributed by atoms with E-state index in [4.69, 9.17) is 0 Å². The van der Waals surface area contributed by atoms with Gasteiger partial charge in [-0.25, -0.2) is 4.99 Å². The van der Waals surface area contributed by atoms with E-state index in [1.54, 1.807) is 48.8 Å². The summed E-state index contributed by atoms with van der Waals surface area (Å²) in [5, 5.41) is 0. The summed E-state index contributed by atoms with van der Waals surface area (Å²) in [5.41, 5.74) is 1.78. The zero-order chi connectivity index (χ0) is 21.8. The van der Waals surface area contributed by atoms with Crippen LogP contribution in [0.1, 0.15) is 17.0 Å². The Bertz CT molecular complexity index is 1100. The third kappa shape index (κ3) is 4.48. The van der Waals surface area contributed by atoms with Gasteiger partial charge in [0.1, 0.15) is 17.4 Å². The first-order chi connectivity index (χ1) is 15.0. The highest BCUT2D eigenvalue weighted by Crippen LogP contribution is 2.31. The van der Waals surface area contributed by atoms with Gasteiger partial charge in [0.25, 0.3) is 5.91 Å². The first-order valence-electron chi connectivity index (χ1n) is 9.46. The molecule has 2 heterocycles. The maximum Gasteiger partial charge on any atom is 0.387 e. The minimum absolute atomic E-state index is 0.0226. The number of aliphatic imine (C=N–C) groups is 1. The van der Waals surface area contributed by atoms with Crippen LogP contribution in [0.5, 0.6) is 5.75 Å². The van der Waals surface area contributed by atoms with Crippen molar-refractivity contribution in [1.29, 1.82) is 0 Å². The number of carbonyl (C=O) groups excluding carboxylic acids is 2. The summed E-state index contributed by atoms with van der Waals surface area (Å²) in [6.45, 7) is -2.86. The van der Waals surface area contributed by atoms with E-state index in [0.29, 0.717) is 16.8 Å². The number of rotatable bonds is 6. The molecule has 1 saturated heterocycles. The summed E-state index contributed by atoms with van der Waals surface area (Å²) in [7, 11) is 0. The lowest BCUT2D eigenvalue weighted by molar-refractivity contribution is -0.138. The van der Waals surface area contributed by atoms with Gasteiger partial charge in [0, 0.05) is 12.4 Å². The van der Waals surface area contributed by atoms with Crippen LogP contribution in [0.15, 0.2) is 84.1 Å². The zero-order valence-electron chi connectivity index (χ0n) is 16.2. The number of imide groups is 1. The van der Waals surface area contributed by atoms with Gasteiger partial charge in [0.15, 0.2) is 0 Å². The summed E-state index contributed by atoms with van der Waals surface area (Å²) in [6, 6.07) is 18.0. The Morgan fingerprint density at radius 2 is 1.74 bits per heavy atom. The molecule has 156 valence electrons. The summed E-state index contributed by atoms with van der Waals surface area (Å²) in [6.07, 6.45) is 3.20. The van der Waals surface area contributed by atoms with E-state index in [9.17, 15) is 18.4 Å². The number of nitrogens with zero attached hydrogens (tertiary/aromatic N) is 3. The number of halogens is 2. The first kappa shape index (κ1) is 20.3. The molecule has 8 heteroatoms. The molecule has 2 aromatic carbocycles. The lowest BCUT2D eigenvalue weighted by Crippen LogP contribution is -2.30. The van der Waals surface area contributed by atoms with Crippen molar-refractivity contribution in [2.45, 2.75) is 19.1 Å². The van der Waals surface area contributed by atoms with Crippen LogP contribution in [0.3, 0.4) is 0 Å². The van der Waals surface area contributed by atoms with Crippen molar-refractivity contribution in [2.75, 3.05) is 0 Å². The smallest absolute Gasteiger partial charge is 0.387 e. The van der Waals surface area contributed by atoms with E-state index < -0.39 is 18.4 Å². The second kappa shape index (κ2) is 8.83. The molecular weight excluding hydrogens is 404 g/mol. The largest absolute Gasteiger partial charge is 0.435 e. The fourth-order valence-corrected chi connectivity index (χ4v) is 3.36. The highest BCUT2D eigenvalue weighted by Gasteiger charge is 2.45. The molecule has 2 amide bonds. The van der Waals surface area contributed by atoms with Crippen LogP contribution in [0.4, 0.5) is 14.5 Å². The molecule has 6 nitrogen and oxygen atoms in total. The van der Waals surface area contributed by atoms with E-state index in [0.717, 1.165) is 4.90 Å². The van der Waals surface area contributed by atoms with E-state index >= 15 is 0 Å². The quantitative estimate of drug-likeness (QED) is 0.562. The molecular formula is C23H17F2N3O3. The van der Waals surface area contributed by atoms with Crippen LogP contribution in [-0.2, 0) is 16.1 Å². The molecule has 1 atom stereocenters. The number of amides is 2. The van der Waals surface area contributed by atoms with Crippen LogP contribution >= 0.6 is 0 Å². The normalized spacial score (nSPS) is 17.6. The Morgan fingerprint density at radius 1 is 1.00 bits per heavy atom. The van der Waals surface area contributed by atoms with Crippen LogP contribution in [-0.4, -0.2) is 34.0 Å². The number of alkyl halides is 2. The van der Waals surface area contributed by atoms with Gasteiger partial charge in [-0.15, -0.1) is 0 Å². The number of likely N-dealkylation sites (tertiary alicyclic amines) is 1. The fourth-order valence-electron chi connectivity index (χ4n) is 3.36. The highest BCUT2D eigenvalue weighted by molar-refractivity contribution is 6.52. The second-order valence-electron chi connectivity index (χ2n) is 6.80. The molecule has 1 aliphatic rings. The first-order valence-corrected chi connectivity index (χ1v) is 9.46. The van der Waals surface area contributed by atoms with Crippen molar-refractivity contribution in [3.8, 4) is 5.75 Å². The average molecular weight is 421 g/mol. The lowest BCUT2D eigenvalue weighted by atomic mass is 9.96. The van der Waals surface area contributed by atoms with Crippen LogP contribution < -0.4 is 4.74 Å². The molecule has 0 radical (unpaired) electrons. The number of aromatic nitrogens is 1. The SMILES string of the molecule is O=C1C(=Nc2ccc(OC(F)F)cc2)C(c2ccccc2)C(=O)N1Cc1cccnc1. The minimum atomic E-state index is -2.94. The van der Waals surface area contributed by atoms with Gasteiger partial charge in [-0.1, -0.05) is 36.4 Å². The predicted molar refractivity (Wildman–Crippen MR) is 109 cm³/mol. The van der Waals surface area contributed by atoms with Crippen molar-refractivity contribution in [2.24, 2.45) is 4.99 Å². The van der Waals surface area contributed by atoms with Gasteiger partial charge >= 0.3 is 6.61 Å². The standard InChI is InChI=1S/C23H17F2N3O3/c24-23(25)31-18-10-8-17(9-11-18)27-20-19(16-6-2-1-3-7-16)21(29)28(22(20)30)14-15-5-4-12-26-13-15/h1-13,19,23H,14H2. The molecule has 31 heavy (non-hydrogen) atoms. The third-order valence-corrected chi connectivity index (χ3v) is 4.76. The van der Waals surface area contributed by atoms with E-state index in [1.807, 2.05) is 6.07 Å². The molecule has 0 saturated carbocycles. The summed E-state index contributed by atoms with van der Waals surface area (Å²) in [5.74, 6) is -1.76. The maximum absolute atomic E-state index is 13.2.